The lowest BCUT2D eigenvalue weighted by Gasteiger charge is -2.38. The van der Waals surface area contributed by atoms with Gasteiger partial charge in [-0.05, 0) is 56.3 Å². The van der Waals surface area contributed by atoms with Crippen LogP contribution in [-0.2, 0) is 4.74 Å². The van der Waals surface area contributed by atoms with Crippen LogP contribution in [0, 0.1) is 23.7 Å². The molecule has 3 heteroatoms. The molecule has 0 saturated heterocycles. The quantitative estimate of drug-likeness (QED) is 0.704. The molecular weight excluding hydrogens is 234 g/mol. The van der Waals surface area contributed by atoms with Gasteiger partial charge in [0.15, 0.2) is 0 Å². The van der Waals surface area contributed by atoms with Crippen LogP contribution in [0.2, 0.25) is 0 Å². The Bertz CT molecular complexity index is 251. The third-order valence-electron chi connectivity index (χ3n) is 5.25. The first-order valence-electron chi connectivity index (χ1n) is 7.46. The molecule has 0 aromatic carbocycles. The van der Waals surface area contributed by atoms with Crippen molar-refractivity contribution in [2.24, 2.45) is 23.7 Å². The van der Waals surface area contributed by atoms with Crippen molar-refractivity contribution < 1.29 is 13.5 Å². The van der Waals surface area contributed by atoms with E-state index in [1.165, 1.54) is 25.7 Å². The molecule has 0 atom stereocenters. The molecular formula is C15H26F2O. The first-order valence-corrected chi connectivity index (χ1v) is 7.46. The Kier molecular flexibility index (Phi) is 4.63. The predicted octanol–water partition coefficient (Wildman–Crippen LogP) is 4.86. The highest BCUT2D eigenvalue weighted by Crippen LogP contribution is 2.44. The van der Waals surface area contributed by atoms with E-state index in [1.807, 2.05) is 0 Å². The van der Waals surface area contributed by atoms with Crippen LogP contribution in [0.5, 0.6) is 0 Å². The van der Waals surface area contributed by atoms with Crippen LogP contribution in [-0.4, -0.2) is 13.2 Å². The van der Waals surface area contributed by atoms with Crippen LogP contribution >= 0.6 is 0 Å². The number of ether oxygens (including phenoxy) is 1. The maximum absolute atomic E-state index is 13.4. The average molecular weight is 260 g/mol. The van der Waals surface area contributed by atoms with Gasteiger partial charge in [0.25, 0.3) is 0 Å². The Morgan fingerprint density at radius 3 is 1.72 bits per heavy atom. The molecule has 2 aliphatic carbocycles. The van der Waals surface area contributed by atoms with Crippen LogP contribution in [0.1, 0.15) is 58.3 Å². The van der Waals surface area contributed by atoms with E-state index in [9.17, 15) is 8.78 Å². The third-order valence-corrected chi connectivity index (χ3v) is 5.25. The summed E-state index contributed by atoms with van der Waals surface area (Å²) in [7, 11) is 1.12. The van der Waals surface area contributed by atoms with Gasteiger partial charge < -0.3 is 4.74 Å². The first kappa shape index (κ1) is 14.2. The minimum Gasteiger partial charge on any atom is -0.324 e. The van der Waals surface area contributed by atoms with Crippen molar-refractivity contribution in [1.82, 2.24) is 0 Å². The maximum atomic E-state index is 13.4. The molecule has 2 rings (SSSR count). The van der Waals surface area contributed by atoms with Crippen molar-refractivity contribution in [1.29, 1.82) is 0 Å². The molecule has 0 spiro atoms. The van der Waals surface area contributed by atoms with Gasteiger partial charge in [-0.1, -0.05) is 19.8 Å². The summed E-state index contributed by atoms with van der Waals surface area (Å²) in [5.74, 6) is 1.82. The number of halogens is 2. The molecule has 18 heavy (non-hydrogen) atoms. The number of hydrogen-bond acceptors (Lipinski definition) is 1. The summed E-state index contributed by atoms with van der Waals surface area (Å²) in [6.45, 7) is 2.33. The monoisotopic (exact) mass is 260 g/mol. The van der Waals surface area contributed by atoms with E-state index in [4.69, 9.17) is 0 Å². The van der Waals surface area contributed by atoms with Crippen LogP contribution in [0.3, 0.4) is 0 Å². The molecule has 0 radical (unpaired) electrons. The SMILES string of the molecule is COC(F)(F)C1CCC(C2CCC(C)CC2)CC1. The third kappa shape index (κ3) is 3.23. The molecule has 2 fully saturated rings. The van der Waals surface area contributed by atoms with Crippen molar-refractivity contribution in [3.63, 3.8) is 0 Å². The van der Waals surface area contributed by atoms with Crippen LogP contribution < -0.4 is 0 Å². The summed E-state index contributed by atoms with van der Waals surface area (Å²) < 4.78 is 31.2. The lowest BCUT2D eigenvalue weighted by atomic mass is 9.69. The van der Waals surface area contributed by atoms with Crippen molar-refractivity contribution >= 4 is 0 Å². The number of alkyl halides is 2. The van der Waals surface area contributed by atoms with Gasteiger partial charge >= 0.3 is 6.11 Å². The number of rotatable bonds is 3. The van der Waals surface area contributed by atoms with E-state index < -0.39 is 12.0 Å². The highest BCUT2D eigenvalue weighted by Gasteiger charge is 2.42. The largest absolute Gasteiger partial charge is 0.358 e. The van der Waals surface area contributed by atoms with E-state index in [2.05, 4.69) is 11.7 Å². The fourth-order valence-corrected chi connectivity index (χ4v) is 3.85. The number of hydrogen-bond donors (Lipinski definition) is 0. The zero-order chi connectivity index (χ0) is 13.2. The van der Waals surface area contributed by atoms with Gasteiger partial charge in [0.2, 0.25) is 0 Å². The summed E-state index contributed by atoms with van der Waals surface area (Å²) in [6, 6.07) is 0. The van der Waals surface area contributed by atoms with Gasteiger partial charge in [-0.15, -0.1) is 0 Å². The molecule has 2 aliphatic rings. The van der Waals surface area contributed by atoms with Crippen molar-refractivity contribution in [2.75, 3.05) is 7.11 Å². The second-order valence-corrected chi connectivity index (χ2v) is 6.40. The summed E-state index contributed by atoms with van der Waals surface area (Å²) >= 11 is 0. The fourth-order valence-electron chi connectivity index (χ4n) is 3.85. The zero-order valence-electron chi connectivity index (χ0n) is 11.6. The lowest BCUT2D eigenvalue weighted by molar-refractivity contribution is -0.263. The molecule has 106 valence electrons. The Hall–Kier alpha value is -0.180. The van der Waals surface area contributed by atoms with E-state index >= 15 is 0 Å². The molecule has 1 nitrogen and oxygen atoms in total. The molecule has 0 heterocycles. The van der Waals surface area contributed by atoms with E-state index in [1.54, 1.807) is 0 Å². The summed E-state index contributed by atoms with van der Waals surface area (Å²) in [5, 5.41) is 0. The normalized spacial score (nSPS) is 38.7. The highest BCUT2D eigenvalue weighted by atomic mass is 19.3. The molecule has 0 amide bonds. The second kappa shape index (κ2) is 5.85. The van der Waals surface area contributed by atoms with Crippen molar-refractivity contribution in [2.45, 2.75) is 64.4 Å². The second-order valence-electron chi connectivity index (χ2n) is 6.40. The topological polar surface area (TPSA) is 9.23 Å². The first-order chi connectivity index (χ1) is 8.53. The van der Waals surface area contributed by atoms with Crippen molar-refractivity contribution in [3.05, 3.63) is 0 Å². The van der Waals surface area contributed by atoms with Gasteiger partial charge in [0.1, 0.15) is 0 Å². The van der Waals surface area contributed by atoms with Crippen LogP contribution in [0.15, 0.2) is 0 Å². The molecule has 0 aromatic rings. The zero-order valence-corrected chi connectivity index (χ0v) is 11.6. The molecule has 0 bridgehead atoms. The van der Waals surface area contributed by atoms with Gasteiger partial charge in [0, 0.05) is 7.11 Å². The maximum Gasteiger partial charge on any atom is 0.358 e. The Balaban J connectivity index is 1.80. The molecule has 0 unspecified atom stereocenters. The number of methoxy groups -OCH3 is 1. The Morgan fingerprint density at radius 1 is 0.833 bits per heavy atom. The molecule has 0 aliphatic heterocycles. The van der Waals surface area contributed by atoms with E-state index in [-0.39, 0.29) is 0 Å². The molecule has 0 aromatic heterocycles. The van der Waals surface area contributed by atoms with Gasteiger partial charge in [0.05, 0.1) is 5.92 Å². The minimum absolute atomic E-state index is 0.554. The lowest BCUT2D eigenvalue weighted by Crippen LogP contribution is -2.35. The van der Waals surface area contributed by atoms with Gasteiger partial charge in [-0.2, -0.15) is 8.78 Å². The van der Waals surface area contributed by atoms with Gasteiger partial charge in [-0.25, -0.2) is 0 Å². The highest BCUT2D eigenvalue weighted by molar-refractivity contribution is 4.83. The summed E-state index contributed by atoms with van der Waals surface area (Å²) in [6.07, 6.45) is 5.61. The summed E-state index contributed by atoms with van der Waals surface area (Å²) in [5.41, 5.74) is 0. The smallest absolute Gasteiger partial charge is 0.324 e. The van der Waals surface area contributed by atoms with Crippen LogP contribution in [0.25, 0.3) is 0 Å². The van der Waals surface area contributed by atoms with Gasteiger partial charge in [-0.3, -0.25) is 0 Å². The Morgan fingerprint density at radius 2 is 1.28 bits per heavy atom. The Labute approximate surface area is 109 Å². The van der Waals surface area contributed by atoms with E-state index in [0.717, 1.165) is 31.8 Å². The van der Waals surface area contributed by atoms with Crippen molar-refractivity contribution in [3.8, 4) is 0 Å². The average Bonchev–Trinajstić information content (AvgIpc) is 2.40. The molecule has 2 saturated carbocycles. The standard InChI is InChI=1S/C15H26F2O/c1-11-3-5-12(6-4-11)13-7-9-14(10-8-13)15(16,17)18-2/h11-14H,3-10H2,1-2H3. The van der Waals surface area contributed by atoms with E-state index in [0.29, 0.717) is 18.8 Å². The fraction of sp³-hybridized carbons (Fsp3) is 1.00. The summed E-state index contributed by atoms with van der Waals surface area (Å²) in [4.78, 5) is 0. The molecule has 0 N–H and O–H groups in total. The predicted molar refractivity (Wildman–Crippen MR) is 68.5 cm³/mol. The van der Waals surface area contributed by atoms with Crippen LogP contribution in [0.4, 0.5) is 8.78 Å². The minimum atomic E-state index is -2.91.